The molecular formula is C68H80FN6O15P. The Bertz CT molecular complexity index is 3230. The van der Waals surface area contributed by atoms with Crippen molar-refractivity contribution in [3.8, 4) is 0 Å². The Morgan fingerprint density at radius 2 is 0.846 bits per heavy atom. The van der Waals surface area contributed by atoms with Gasteiger partial charge in [0.2, 0.25) is 23.7 Å². The number of aromatic nitrogens is 1. The molecule has 0 saturated heterocycles. The monoisotopic (exact) mass is 1270 g/mol. The van der Waals surface area contributed by atoms with E-state index in [1.54, 1.807) is 121 Å². The molecule has 1 heterocycles. The highest BCUT2D eigenvalue weighted by Gasteiger charge is 2.35. The third-order valence-electron chi connectivity index (χ3n) is 14.0. The van der Waals surface area contributed by atoms with Crippen LogP contribution in [-0.4, -0.2) is 90.3 Å². The van der Waals surface area contributed by atoms with Crippen LogP contribution in [-0.2, 0) is 99.2 Å². The largest absolute Gasteiger partial charge is 0.461 e. The molecule has 0 aliphatic heterocycles. The van der Waals surface area contributed by atoms with Crippen LogP contribution in [0.2, 0.25) is 0 Å². The summed E-state index contributed by atoms with van der Waals surface area (Å²) in [7, 11) is -4.49. The van der Waals surface area contributed by atoms with Crippen molar-refractivity contribution in [3.63, 3.8) is 0 Å². The fourth-order valence-electron chi connectivity index (χ4n) is 8.92. The minimum atomic E-state index is -4.49. The topological polar surface area (TPSA) is 282 Å². The summed E-state index contributed by atoms with van der Waals surface area (Å²) in [6.45, 7) is -0.132. The summed E-state index contributed by atoms with van der Waals surface area (Å²) in [6.07, 6.45) is 3.90. The number of nitrogens with one attached hydrogen (secondary N) is 5. The number of unbranched alkanes of at least 4 members (excludes halogenated alkanes) is 4. The summed E-state index contributed by atoms with van der Waals surface area (Å²) in [4.78, 5) is 110. The molecule has 6 rings (SSSR count). The van der Waals surface area contributed by atoms with Crippen LogP contribution >= 0.6 is 7.75 Å². The van der Waals surface area contributed by atoms with Crippen LogP contribution in [0.5, 0.6) is 0 Å². The van der Waals surface area contributed by atoms with E-state index in [-0.39, 0.29) is 102 Å². The number of ether oxygens (including phenoxy) is 4. The van der Waals surface area contributed by atoms with E-state index in [4.69, 9.17) is 28.0 Å². The van der Waals surface area contributed by atoms with Crippen molar-refractivity contribution in [3.05, 3.63) is 209 Å². The number of esters is 4. The quantitative estimate of drug-likeness (QED) is 0.00783. The van der Waals surface area contributed by atoms with Gasteiger partial charge in [0.15, 0.2) is 0 Å². The van der Waals surface area contributed by atoms with Crippen LogP contribution in [0.15, 0.2) is 170 Å². The first-order valence-electron chi connectivity index (χ1n) is 30.5. The highest BCUT2D eigenvalue weighted by Crippen LogP contribution is 2.46. The van der Waals surface area contributed by atoms with Gasteiger partial charge in [0.05, 0.1) is 18.8 Å². The zero-order valence-corrected chi connectivity index (χ0v) is 51.7. The van der Waals surface area contributed by atoms with Gasteiger partial charge in [0.25, 0.3) is 5.91 Å². The third-order valence-corrected chi connectivity index (χ3v) is 15.6. The number of amides is 4. The van der Waals surface area contributed by atoms with Crippen molar-refractivity contribution >= 4 is 55.3 Å². The van der Waals surface area contributed by atoms with E-state index in [0.29, 0.717) is 80.3 Å². The Morgan fingerprint density at radius 3 is 1.34 bits per heavy atom. The van der Waals surface area contributed by atoms with Crippen molar-refractivity contribution in [2.75, 3.05) is 19.7 Å². The standard InChI is InChI=1S/C68H80FN6O15P/c69-60-39-36-56(45-72-60)65(80)71-43-21-6-18-34-61(76)70-42-20-7-19-35-62(77)74-58(67(82)87-48-53-27-12-3-13-28-53)37-40-63(78)73-57(66(81)86-47-52-25-10-2-11-26-52)33-22-44-89-91(84,90-50-55-31-16-5-17-32-55)75-59(68(83)88-49-54-29-14-4-15-30-54)38-41-64(79)85-46-51-23-8-1-9-24-51/h1-5,8-17,23-32,36,39,45,57-59H,6-7,18-22,33-35,37-38,40-44,46-50H2,(H,70,76)(H,71,80)(H,73,78)(H,74,77)(H,75,84)/t57-,58-,59-,91?/m0/s1. The van der Waals surface area contributed by atoms with E-state index in [9.17, 15) is 47.3 Å². The summed E-state index contributed by atoms with van der Waals surface area (Å²) in [6, 6.07) is 43.1. The third kappa shape index (κ3) is 29.0. The van der Waals surface area contributed by atoms with E-state index in [2.05, 4.69) is 31.3 Å². The first-order chi connectivity index (χ1) is 44.2. The normalized spacial score (nSPS) is 12.6. The smallest absolute Gasteiger partial charge is 0.406 e. The number of benzene rings is 5. The second-order valence-corrected chi connectivity index (χ2v) is 23.0. The van der Waals surface area contributed by atoms with Gasteiger partial charge in [0.1, 0.15) is 44.6 Å². The summed E-state index contributed by atoms with van der Waals surface area (Å²) in [5.41, 5.74) is 3.69. The molecule has 5 N–H and O–H groups in total. The van der Waals surface area contributed by atoms with Gasteiger partial charge in [0, 0.05) is 45.0 Å². The molecule has 91 heavy (non-hydrogen) atoms. The van der Waals surface area contributed by atoms with E-state index >= 15 is 0 Å². The molecule has 0 aliphatic rings. The Balaban J connectivity index is 1.03. The highest BCUT2D eigenvalue weighted by molar-refractivity contribution is 7.51. The molecule has 0 aliphatic carbocycles. The SMILES string of the molecule is O=C(CCCCCNC(=O)c1ccc(F)nc1)NCCCCCC(=O)N[C@@H](CCC(=O)N[C@@H](CCCOP(=O)(N[C@@H](CCC(=O)OCc1ccccc1)C(=O)OCc1ccccc1)OCc1ccccc1)C(=O)OCc1ccccc1)C(=O)OCc1ccccc1. The lowest BCUT2D eigenvalue weighted by atomic mass is 10.1. The van der Waals surface area contributed by atoms with E-state index in [1.165, 1.54) is 6.07 Å². The molecule has 1 aromatic heterocycles. The Kier molecular flexibility index (Phi) is 31.8. The summed E-state index contributed by atoms with van der Waals surface area (Å²) >= 11 is 0. The van der Waals surface area contributed by atoms with Crippen LogP contribution in [0.4, 0.5) is 4.39 Å². The van der Waals surface area contributed by atoms with Gasteiger partial charge in [-0.1, -0.05) is 165 Å². The number of carbonyl (C=O) groups is 8. The highest BCUT2D eigenvalue weighted by atomic mass is 31.2. The number of rotatable bonds is 42. The first-order valence-corrected chi connectivity index (χ1v) is 32.0. The van der Waals surface area contributed by atoms with Crippen molar-refractivity contribution in [1.29, 1.82) is 0 Å². The van der Waals surface area contributed by atoms with Crippen molar-refractivity contribution < 1.29 is 75.3 Å². The molecule has 21 nitrogen and oxygen atoms in total. The van der Waals surface area contributed by atoms with Crippen molar-refractivity contribution in [2.24, 2.45) is 0 Å². The number of pyridine rings is 1. The molecule has 23 heteroatoms. The zero-order valence-electron chi connectivity index (χ0n) is 50.9. The maximum absolute atomic E-state index is 14.8. The second-order valence-electron chi connectivity index (χ2n) is 21.3. The lowest BCUT2D eigenvalue weighted by molar-refractivity contribution is -0.150. The van der Waals surface area contributed by atoms with Crippen molar-refractivity contribution in [2.45, 2.75) is 141 Å². The van der Waals surface area contributed by atoms with E-state index in [0.717, 1.165) is 17.8 Å². The molecule has 4 amide bonds. The van der Waals surface area contributed by atoms with Crippen LogP contribution in [0, 0.1) is 5.95 Å². The van der Waals surface area contributed by atoms with Gasteiger partial charge in [-0.3, -0.25) is 37.8 Å². The van der Waals surface area contributed by atoms with Crippen molar-refractivity contribution in [1.82, 2.24) is 31.3 Å². The molecule has 6 aromatic rings. The van der Waals surface area contributed by atoms with Gasteiger partial charge in [-0.2, -0.15) is 4.39 Å². The molecule has 0 fully saturated rings. The predicted octanol–water partition coefficient (Wildman–Crippen LogP) is 9.77. The average Bonchev–Trinajstić information content (AvgIpc) is 3.49. The molecule has 0 radical (unpaired) electrons. The summed E-state index contributed by atoms with van der Waals surface area (Å²) in [5.74, 6) is -5.33. The molecule has 1 unspecified atom stereocenters. The minimum absolute atomic E-state index is 0.00534. The van der Waals surface area contributed by atoms with Gasteiger partial charge in [-0.15, -0.1) is 0 Å². The molecule has 4 atom stereocenters. The molecule has 0 bridgehead atoms. The zero-order chi connectivity index (χ0) is 64.7. The van der Waals surface area contributed by atoms with E-state index < -0.39 is 67.5 Å². The fraction of sp³-hybridized carbons (Fsp3) is 0.368. The number of halogens is 1. The first kappa shape index (κ1) is 71.1. The molecule has 0 saturated carbocycles. The minimum Gasteiger partial charge on any atom is -0.461 e. The van der Waals surface area contributed by atoms with Crippen LogP contribution in [0.1, 0.15) is 128 Å². The maximum Gasteiger partial charge on any atom is 0.406 e. The number of hydrogen-bond acceptors (Lipinski definition) is 16. The van der Waals surface area contributed by atoms with Crippen LogP contribution < -0.4 is 26.4 Å². The number of nitrogens with zero attached hydrogens (tertiary/aromatic N) is 1. The molecule has 484 valence electrons. The molecule has 5 aromatic carbocycles. The Hall–Kier alpha value is -8.95. The summed E-state index contributed by atoms with van der Waals surface area (Å²) in [5, 5.41) is 13.8. The Morgan fingerprint density at radius 1 is 0.418 bits per heavy atom. The Labute approximate surface area is 529 Å². The number of hydrogen-bond donors (Lipinski definition) is 5. The van der Waals surface area contributed by atoms with Crippen LogP contribution in [0.3, 0.4) is 0 Å². The van der Waals surface area contributed by atoms with Gasteiger partial charge < -0.3 is 40.2 Å². The average molecular weight is 1270 g/mol. The predicted molar refractivity (Wildman–Crippen MR) is 335 cm³/mol. The van der Waals surface area contributed by atoms with Gasteiger partial charge >= 0.3 is 31.6 Å². The summed E-state index contributed by atoms with van der Waals surface area (Å²) < 4.78 is 62.2. The van der Waals surface area contributed by atoms with Gasteiger partial charge in [-0.25, -0.2) is 24.2 Å². The molecular weight excluding hydrogens is 1190 g/mol. The van der Waals surface area contributed by atoms with E-state index in [1.807, 2.05) is 30.3 Å². The number of carbonyl (C=O) groups excluding carboxylic acids is 8. The van der Waals surface area contributed by atoms with Crippen LogP contribution in [0.25, 0.3) is 0 Å². The molecule has 0 spiro atoms. The fourth-order valence-corrected chi connectivity index (χ4v) is 10.4. The van der Waals surface area contributed by atoms with Gasteiger partial charge in [-0.05, 0) is 91.3 Å². The maximum atomic E-state index is 14.8. The second kappa shape index (κ2) is 40.6. The lowest BCUT2D eigenvalue weighted by Gasteiger charge is -2.25. The lowest BCUT2D eigenvalue weighted by Crippen LogP contribution is -2.45.